The van der Waals surface area contributed by atoms with Crippen molar-refractivity contribution < 1.29 is 9.18 Å². The highest BCUT2D eigenvalue weighted by atomic mass is 19.1. The molecule has 7 atom stereocenters. The molecule has 2 N–H and O–H groups in total. The molecule has 7 heteroatoms. The molecular weight excluding hydrogens is 417 g/mol. The maximum absolute atomic E-state index is 15.0. The standard InChI is InChI=1S/C26H26FN5O/c1-13-23-19-10-22(24(13)23)30-25(19)26(33)29-18(11-28)7-16-5-3-14(8-20(16)27)15-4-6-17-12-32(2)31-21(17)9-15/h3-6,8-9,12-13,18-19,22-25,30H,7,10H2,1-2H3,(H,29,33)/t13?,18-,19+,22-,23?,24?,25-/m0/s1. The first-order valence-electron chi connectivity index (χ1n) is 11.6. The first-order valence-corrected chi connectivity index (χ1v) is 11.6. The van der Waals surface area contributed by atoms with Crippen LogP contribution in [0.4, 0.5) is 4.39 Å². The van der Waals surface area contributed by atoms with Crippen molar-refractivity contribution in [3.8, 4) is 17.2 Å². The molecule has 1 amide bonds. The number of nitrogens with zero attached hydrogens (tertiary/aromatic N) is 3. The normalized spacial score (nSPS) is 30.1. The van der Waals surface area contributed by atoms with Gasteiger partial charge in [-0.1, -0.05) is 31.2 Å². The highest BCUT2D eigenvalue weighted by Crippen LogP contribution is 2.64. The molecule has 3 aliphatic rings. The summed E-state index contributed by atoms with van der Waals surface area (Å²) in [4.78, 5) is 12.9. The van der Waals surface area contributed by atoms with Gasteiger partial charge in [0.1, 0.15) is 11.9 Å². The zero-order chi connectivity index (χ0) is 22.9. The van der Waals surface area contributed by atoms with Gasteiger partial charge < -0.3 is 10.6 Å². The average molecular weight is 444 g/mol. The van der Waals surface area contributed by atoms with Crippen LogP contribution in [0.5, 0.6) is 0 Å². The van der Waals surface area contributed by atoms with Crippen LogP contribution in [0.1, 0.15) is 18.9 Å². The fourth-order valence-electron chi connectivity index (χ4n) is 6.43. The molecule has 2 bridgehead atoms. The van der Waals surface area contributed by atoms with Crippen molar-refractivity contribution in [1.82, 2.24) is 20.4 Å². The van der Waals surface area contributed by atoms with E-state index >= 15 is 0 Å². The number of carbonyl (C=O) groups excluding carboxylic acids is 1. The molecule has 1 saturated heterocycles. The van der Waals surface area contributed by atoms with E-state index in [9.17, 15) is 14.4 Å². The van der Waals surface area contributed by atoms with Crippen LogP contribution in [0.15, 0.2) is 42.6 Å². The van der Waals surface area contributed by atoms with Gasteiger partial charge in [-0.05, 0) is 58.9 Å². The van der Waals surface area contributed by atoms with Crippen LogP contribution in [0.2, 0.25) is 0 Å². The Kier molecular flexibility index (Phi) is 4.56. The van der Waals surface area contributed by atoms with Crippen LogP contribution in [-0.2, 0) is 18.3 Å². The Labute approximate surface area is 191 Å². The summed E-state index contributed by atoms with van der Waals surface area (Å²) >= 11 is 0. The van der Waals surface area contributed by atoms with Crippen molar-refractivity contribution in [2.45, 2.75) is 37.9 Å². The van der Waals surface area contributed by atoms with Crippen molar-refractivity contribution in [3.05, 3.63) is 54.0 Å². The number of nitrogens with one attached hydrogen (secondary N) is 2. The maximum atomic E-state index is 15.0. The highest BCUT2D eigenvalue weighted by molar-refractivity contribution is 5.84. The lowest BCUT2D eigenvalue weighted by Crippen LogP contribution is -2.51. The predicted molar refractivity (Wildman–Crippen MR) is 122 cm³/mol. The van der Waals surface area contributed by atoms with E-state index in [0.717, 1.165) is 34.4 Å². The minimum absolute atomic E-state index is 0.132. The molecule has 6 rings (SSSR count). The number of hydrogen-bond donors (Lipinski definition) is 2. The second kappa shape index (κ2) is 7.39. The summed E-state index contributed by atoms with van der Waals surface area (Å²) in [5.41, 5.74) is 2.90. The second-order valence-electron chi connectivity index (χ2n) is 9.94. The quantitative estimate of drug-likeness (QED) is 0.635. The number of piperidine rings is 1. The summed E-state index contributed by atoms with van der Waals surface area (Å²) in [6.07, 6.45) is 3.13. The van der Waals surface area contributed by atoms with E-state index < -0.39 is 6.04 Å². The molecule has 168 valence electrons. The SMILES string of the molecule is CC1C2C1[C@H]1C[C@@H]2N[C@@H]1C(=O)N[C@H](C#N)Cc1ccc(-c2ccc3cn(C)nc3c2)cc1F. The lowest BCUT2D eigenvalue weighted by molar-refractivity contribution is -0.124. The van der Waals surface area contributed by atoms with E-state index in [0.29, 0.717) is 29.4 Å². The minimum Gasteiger partial charge on any atom is -0.339 e. The lowest BCUT2D eigenvalue weighted by Gasteiger charge is -2.23. The zero-order valence-electron chi connectivity index (χ0n) is 18.6. The maximum Gasteiger partial charge on any atom is 0.238 e. The van der Waals surface area contributed by atoms with Crippen molar-refractivity contribution >= 4 is 16.8 Å². The third-order valence-corrected chi connectivity index (χ3v) is 8.01. The van der Waals surface area contributed by atoms with Gasteiger partial charge in [0.2, 0.25) is 5.91 Å². The number of aryl methyl sites for hydroxylation is 1. The van der Waals surface area contributed by atoms with Gasteiger partial charge in [-0.3, -0.25) is 9.48 Å². The van der Waals surface area contributed by atoms with E-state index in [-0.39, 0.29) is 24.2 Å². The van der Waals surface area contributed by atoms with E-state index in [1.807, 2.05) is 37.5 Å². The van der Waals surface area contributed by atoms with Gasteiger partial charge in [-0.15, -0.1) is 0 Å². The molecule has 0 spiro atoms. The number of rotatable bonds is 5. The number of nitriles is 1. The Bertz CT molecular complexity index is 1310. The molecule has 0 radical (unpaired) electrons. The van der Waals surface area contributed by atoms with Gasteiger partial charge in [-0.2, -0.15) is 10.4 Å². The molecule has 3 fully saturated rings. The zero-order valence-corrected chi connectivity index (χ0v) is 18.6. The van der Waals surface area contributed by atoms with E-state index in [2.05, 4.69) is 28.7 Å². The van der Waals surface area contributed by atoms with Crippen molar-refractivity contribution in [1.29, 1.82) is 5.26 Å². The molecule has 3 aromatic rings. The molecule has 2 heterocycles. The molecule has 6 nitrogen and oxygen atoms in total. The van der Waals surface area contributed by atoms with Gasteiger partial charge >= 0.3 is 0 Å². The third-order valence-electron chi connectivity index (χ3n) is 8.01. The van der Waals surface area contributed by atoms with Crippen molar-refractivity contribution in [3.63, 3.8) is 0 Å². The van der Waals surface area contributed by atoms with Crippen LogP contribution in [0.3, 0.4) is 0 Å². The summed E-state index contributed by atoms with van der Waals surface area (Å²) in [7, 11) is 1.87. The summed E-state index contributed by atoms with van der Waals surface area (Å²) in [6.45, 7) is 2.26. The third kappa shape index (κ3) is 3.32. The Morgan fingerprint density at radius 2 is 2.09 bits per heavy atom. The molecule has 2 aliphatic carbocycles. The van der Waals surface area contributed by atoms with E-state index in [4.69, 9.17) is 0 Å². The molecule has 1 aromatic heterocycles. The summed E-state index contributed by atoms with van der Waals surface area (Å²) in [5, 5.41) is 21.4. The van der Waals surface area contributed by atoms with E-state index in [1.54, 1.807) is 10.7 Å². The first-order chi connectivity index (χ1) is 15.9. The topological polar surface area (TPSA) is 82.7 Å². The molecule has 1 aliphatic heterocycles. The Morgan fingerprint density at radius 3 is 2.85 bits per heavy atom. The van der Waals surface area contributed by atoms with Crippen molar-refractivity contribution in [2.24, 2.45) is 30.7 Å². The van der Waals surface area contributed by atoms with Crippen LogP contribution in [-0.4, -0.2) is 33.8 Å². The van der Waals surface area contributed by atoms with Gasteiger partial charge in [0, 0.05) is 31.1 Å². The van der Waals surface area contributed by atoms with Crippen LogP contribution in [0, 0.1) is 40.8 Å². The molecule has 2 saturated carbocycles. The number of fused-ring (bicyclic) bond motifs is 6. The van der Waals surface area contributed by atoms with Gasteiger partial charge in [0.25, 0.3) is 0 Å². The minimum atomic E-state index is -0.768. The lowest BCUT2D eigenvalue weighted by atomic mass is 9.94. The highest BCUT2D eigenvalue weighted by Gasteiger charge is 2.67. The van der Waals surface area contributed by atoms with Gasteiger partial charge in [0.05, 0.1) is 17.6 Å². The smallest absolute Gasteiger partial charge is 0.238 e. The molecule has 33 heavy (non-hydrogen) atoms. The second-order valence-corrected chi connectivity index (χ2v) is 9.94. The van der Waals surface area contributed by atoms with Crippen molar-refractivity contribution in [2.75, 3.05) is 0 Å². The summed E-state index contributed by atoms with van der Waals surface area (Å²) in [6, 6.07) is 12.5. The average Bonchev–Trinajstić information content (AvgIpc) is 3.15. The first kappa shape index (κ1) is 20.4. The molecular formula is C26H26FN5O. The Balaban J connectivity index is 1.15. The molecule has 2 aromatic carbocycles. The monoisotopic (exact) mass is 443 g/mol. The largest absolute Gasteiger partial charge is 0.339 e. The number of halogens is 1. The fraction of sp³-hybridized carbons (Fsp3) is 0.423. The van der Waals surface area contributed by atoms with Crippen LogP contribution in [0.25, 0.3) is 22.0 Å². The Hall–Kier alpha value is -3.24. The summed E-state index contributed by atoms with van der Waals surface area (Å²) < 4.78 is 16.7. The number of hydrogen-bond acceptors (Lipinski definition) is 4. The number of benzene rings is 2. The van der Waals surface area contributed by atoms with Gasteiger partial charge in [0.15, 0.2) is 0 Å². The van der Waals surface area contributed by atoms with E-state index in [1.165, 1.54) is 6.07 Å². The van der Waals surface area contributed by atoms with Gasteiger partial charge in [-0.25, -0.2) is 4.39 Å². The molecule has 3 unspecified atom stereocenters. The number of aromatic nitrogens is 2. The van der Waals surface area contributed by atoms with Crippen LogP contribution < -0.4 is 10.6 Å². The Morgan fingerprint density at radius 1 is 1.30 bits per heavy atom. The number of carbonyl (C=O) groups is 1. The van der Waals surface area contributed by atoms with Crippen LogP contribution >= 0.6 is 0 Å². The predicted octanol–water partition coefficient (Wildman–Crippen LogP) is 3.17. The number of amides is 1. The fourth-order valence-corrected chi connectivity index (χ4v) is 6.43. The summed E-state index contributed by atoms with van der Waals surface area (Å²) in [5.74, 6) is 1.90.